The molecule has 2 heterocycles. The summed E-state index contributed by atoms with van der Waals surface area (Å²) in [6.45, 7) is 5.33. The molecular weight excluding hydrogens is 240 g/mol. The Labute approximate surface area is 114 Å². The van der Waals surface area contributed by atoms with Gasteiger partial charge in [0.2, 0.25) is 5.95 Å². The van der Waals surface area contributed by atoms with E-state index in [1.807, 2.05) is 13.0 Å². The van der Waals surface area contributed by atoms with Crippen LogP contribution >= 0.6 is 0 Å². The van der Waals surface area contributed by atoms with E-state index in [0.717, 1.165) is 43.8 Å². The number of rotatable bonds is 3. The van der Waals surface area contributed by atoms with Gasteiger partial charge < -0.3 is 15.0 Å². The summed E-state index contributed by atoms with van der Waals surface area (Å²) >= 11 is 0. The predicted octanol–water partition coefficient (Wildman–Crippen LogP) is 1.98. The van der Waals surface area contributed by atoms with Crippen LogP contribution in [0.4, 0.5) is 11.8 Å². The van der Waals surface area contributed by atoms with E-state index in [2.05, 4.69) is 20.2 Å². The van der Waals surface area contributed by atoms with E-state index in [9.17, 15) is 0 Å². The number of aromatic nitrogens is 2. The van der Waals surface area contributed by atoms with Crippen molar-refractivity contribution in [2.75, 3.05) is 36.5 Å². The van der Waals surface area contributed by atoms with E-state index < -0.39 is 0 Å². The lowest BCUT2D eigenvalue weighted by molar-refractivity contribution is 0.122. The Hall–Kier alpha value is -1.36. The maximum absolute atomic E-state index is 5.38. The molecule has 0 atom stereocenters. The van der Waals surface area contributed by atoms with Gasteiger partial charge in [0.05, 0.1) is 13.2 Å². The Morgan fingerprint density at radius 3 is 2.68 bits per heavy atom. The molecule has 104 valence electrons. The average molecular weight is 262 g/mol. The van der Waals surface area contributed by atoms with Gasteiger partial charge in [0.25, 0.3) is 0 Å². The van der Waals surface area contributed by atoms with Crippen LogP contribution in [0.1, 0.15) is 31.4 Å². The molecule has 2 fully saturated rings. The van der Waals surface area contributed by atoms with E-state index in [1.165, 1.54) is 25.7 Å². The van der Waals surface area contributed by atoms with Gasteiger partial charge in [-0.25, -0.2) is 4.98 Å². The molecule has 0 spiro atoms. The first kappa shape index (κ1) is 12.7. The van der Waals surface area contributed by atoms with Crippen molar-refractivity contribution in [2.45, 2.75) is 38.6 Å². The van der Waals surface area contributed by atoms with E-state index in [1.54, 1.807) is 0 Å². The van der Waals surface area contributed by atoms with Crippen molar-refractivity contribution in [3.8, 4) is 0 Å². The Morgan fingerprint density at radius 1 is 1.21 bits per heavy atom. The summed E-state index contributed by atoms with van der Waals surface area (Å²) in [6, 6.07) is 2.63. The Balaban J connectivity index is 1.74. The Bertz CT molecular complexity index is 425. The minimum Gasteiger partial charge on any atom is -0.378 e. The van der Waals surface area contributed by atoms with Crippen molar-refractivity contribution >= 4 is 11.8 Å². The molecule has 0 bridgehead atoms. The fourth-order valence-corrected chi connectivity index (χ4v) is 2.81. The van der Waals surface area contributed by atoms with Crippen molar-refractivity contribution in [3.63, 3.8) is 0 Å². The standard InChI is InChI=1S/C14H22N4O/c1-11-10-13(16-12-4-2-3-5-12)17-14(15-11)18-6-8-19-9-7-18/h10,12H,2-9H2,1H3,(H,15,16,17). The highest BCUT2D eigenvalue weighted by molar-refractivity contribution is 5.44. The number of hydrogen-bond donors (Lipinski definition) is 1. The summed E-state index contributed by atoms with van der Waals surface area (Å²) in [7, 11) is 0. The van der Waals surface area contributed by atoms with Gasteiger partial charge in [-0.05, 0) is 19.8 Å². The molecule has 5 heteroatoms. The molecule has 1 saturated heterocycles. The first-order valence-corrected chi connectivity index (χ1v) is 7.26. The molecule has 0 radical (unpaired) electrons. The average Bonchev–Trinajstić information content (AvgIpc) is 2.92. The van der Waals surface area contributed by atoms with Crippen LogP contribution in [-0.4, -0.2) is 42.3 Å². The number of morpholine rings is 1. The molecule has 19 heavy (non-hydrogen) atoms. The van der Waals surface area contributed by atoms with Gasteiger partial charge in [-0.1, -0.05) is 12.8 Å². The molecule has 0 amide bonds. The van der Waals surface area contributed by atoms with Crippen LogP contribution in [0.3, 0.4) is 0 Å². The van der Waals surface area contributed by atoms with Gasteiger partial charge in [-0.15, -0.1) is 0 Å². The number of ether oxygens (including phenoxy) is 1. The lowest BCUT2D eigenvalue weighted by Gasteiger charge is -2.27. The zero-order valence-electron chi connectivity index (χ0n) is 11.6. The smallest absolute Gasteiger partial charge is 0.227 e. The van der Waals surface area contributed by atoms with E-state index in [0.29, 0.717) is 6.04 Å². The number of nitrogens with one attached hydrogen (secondary N) is 1. The maximum Gasteiger partial charge on any atom is 0.227 e. The minimum absolute atomic E-state index is 0.590. The lowest BCUT2D eigenvalue weighted by atomic mass is 10.2. The van der Waals surface area contributed by atoms with E-state index in [4.69, 9.17) is 4.74 Å². The molecule has 3 rings (SSSR count). The highest BCUT2D eigenvalue weighted by atomic mass is 16.5. The molecule has 1 aromatic rings. The van der Waals surface area contributed by atoms with Gasteiger partial charge in [0.15, 0.2) is 0 Å². The zero-order valence-corrected chi connectivity index (χ0v) is 11.6. The fraction of sp³-hybridized carbons (Fsp3) is 0.714. The predicted molar refractivity (Wildman–Crippen MR) is 75.7 cm³/mol. The second-order valence-electron chi connectivity index (χ2n) is 5.42. The zero-order chi connectivity index (χ0) is 13.1. The summed E-state index contributed by atoms with van der Waals surface area (Å²) in [4.78, 5) is 11.4. The molecule has 0 unspecified atom stereocenters. The van der Waals surface area contributed by atoms with Gasteiger partial charge in [-0.2, -0.15) is 4.98 Å². The van der Waals surface area contributed by atoms with E-state index >= 15 is 0 Å². The Kier molecular flexibility index (Phi) is 3.82. The van der Waals surface area contributed by atoms with Gasteiger partial charge >= 0.3 is 0 Å². The molecule has 1 N–H and O–H groups in total. The van der Waals surface area contributed by atoms with Gasteiger partial charge in [0, 0.05) is 30.9 Å². The Morgan fingerprint density at radius 2 is 1.95 bits per heavy atom. The molecule has 1 saturated carbocycles. The highest BCUT2D eigenvalue weighted by Gasteiger charge is 2.18. The monoisotopic (exact) mass is 262 g/mol. The molecular formula is C14H22N4O. The van der Waals surface area contributed by atoms with Crippen LogP contribution in [0.25, 0.3) is 0 Å². The first-order valence-electron chi connectivity index (χ1n) is 7.26. The molecule has 2 aliphatic rings. The fourth-order valence-electron chi connectivity index (χ4n) is 2.81. The summed E-state index contributed by atoms with van der Waals surface area (Å²) < 4.78 is 5.38. The van der Waals surface area contributed by atoms with Crippen molar-refractivity contribution in [3.05, 3.63) is 11.8 Å². The van der Waals surface area contributed by atoms with Crippen LogP contribution in [0, 0.1) is 6.92 Å². The van der Waals surface area contributed by atoms with Crippen molar-refractivity contribution in [1.82, 2.24) is 9.97 Å². The molecule has 1 aliphatic heterocycles. The van der Waals surface area contributed by atoms with Crippen molar-refractivity contribution in [1.29, 1.82) is 0 Å². The maximum atomic E-state index is 5.38. The molecule has 0 aromatic carbocycles. The number of aryl methyl sites for hydroxylation is 1. The van der Waals surface area contributed by atoms with Crippen molar-refractivity contribution in [2.24, 2.45) is 0 Å². The minimum atomic E-state index is 0.590. The second kappa shape index (κ2) is 5.74. The topological polar surface area (TPSA) is 50.3 Å². The largest absolute Gasteiger partial charge is 0.378 e. The summed E-state index contributed by atoms with van der Waals surface area (Å²) in [5.74, 6) is 1.81. The van der Waals surface area contributed by atoms with Crippen LogP contribution in [0.15, 0.2) is 6.07 Å². The highest BCUT2D eigenvalue weighted by Crippen LogP contribution is 2.23. The third-order valence-electron chi connectivity index (χ3n) is 3.84. The second-order valence-corrected chi connectivity index (χ2v) is 5.42. The van der Waals surface area contributed by atoms with E-state index in [-0.39, 0.29) is 0 Å². The molecule has 1 aromatic heterocycles. The quantitative estimate of drug-likeness (QED) is 0.902. The summed E-state index contributed by atoms with van der Waals surface area (Å²) in [6.07, 6.45) is 5.18. The van der Waals surface area contributed by atoms with Crippen LogP contribution in [0.5, 0.6) is 0 Å². The van der Waals surface area contributed by atoms with Gasteiger partial charge in [-0.3, -0.25) is 0 Å². The van der Waals surface area contributed by atoms with Gasteiger partial charge in [0.1, 0.15) is 5.82 Å². The molecule has 1 aliphatic carbocycles. The third-order valence-corrected chi connectivity index (χ3v) is 3.84. The van der Waals surface area contributed by atoms with Crippen LogP contribution < -0.4 is 10.2 Å². The van der Waals surface area contributed by atoms with Crippen LogP contribution in [0.2, 0.25) is 0 Å². The first-order chi connectivity index (χ1) is 9.31. The SMILES string of the molecule is Cc1cc(NC2CCCC2)nc(N2CCOCC2)n1. The summed E-state index contributed by atoms with van der Waals surface area (Å²) in [5.41, 5.74) is 1.02. The number of nitrogens with zero attached hydrogens (tertiary/aromatic N) is 3. The van der Waals surface area contributed by atoms with Crippen LogP contribution in [-0.2, 0) is 4.74 Å². The summed E-state index contributed by atoms with van der Waals surface area (Å²) in [5, 5.41) is 3.55. The molecule has 5 nitrogen and oxygen atoms in total. The lowest BCUT2D eigenvalue weighted by Crippen LogP contribution is -2.37. The third kappa shape index (κ3) is 3.15. The number of anilines is 2. The number of hydrogen-bond acceptors (Lipinski definition) is 5. The van der Waals surface area contributed by atoms with Crippen molar-refractivity contribution < 1.29 is 4.74 Å². The normalized spacial score (nSPS) is 20.8.